The monoisotopic (exact) mass is 188 g/mol. The van der Waals surface area contributed by atoms with Crippen LogP contribution in [0.15, 0.2) is 0 Å². The minimum Gasteiger partial charge on any atom is -0.393 e. The Balaban J connectivity index is 3.99. The molecule has 4 atom stereocenters. The lowest BCUT2D eigenvalue weighted by Gasteiger charge is -2.19. The molecule has 0 aromatic heterocycles. The van der Waals surface area contributed by atoms with Crippen molar-refractivity contribution in [2.75, 3.05) is 13.2 Å². The van der Waals surface area contributed by atoms with Crippen molar-refractivity contribution in [1.29, 1.82) is 0 Å². The Labute approximate surface area is 67.4 Å². The smallest absolute Gasteiger partial charge is 0.162 e. The first-order valence-electron chi connectivity index (χ1n) is 3.36. The lowest BCUT2D eigenvalue weighted by Crippen LogP contribution is -2.41. The van der Waals surface area contributed by atoms with E-state index >= 15 is 0 Å². The Morgan fingerprint density at radius 3 is 1.67 bits per heavy atom. The van der Waals surface area contributed by atoms with E-state index in [1.807, 2.05) is 0 Å². The molecule has 0 radical (unpaired) electrons. The van der Waals surface area contributed by atoms with Crippen molar-refractivity contribution < 1.29 is 28.5 Å². The quantitative estimate of drug-likeness (QED) is 0.537. The van der Waals surface area contributed by atoms with Gasteiger partial charge in [-0.2, -0.15) is 0 Å². The van der Waals surface area contributed by atoms with E-state index in [1.165, 1.54) is 0 Å². The largest absolute Gasteiger partial charge is 0.393 e. The number of rotatable bonds is 5. The Morgan fingerprint density at radius 1 is 0.917 bits per heavy atom. The van der Waals surface area contributed by atoms with Gasteiger partial charge in [-0.15, -0.1) is 0 Å². The summed E-state index contributed by atoms with van der Waals surface area (Å²) in [6.45, 7) is -2.21. The Kier molecular flexibility index (Phi) is 5.19. The fourth-order valence-electron chi connectivity index (χ4n) is 0.622. The summed E-state index contributed by atoms with van der Waals surface area (Å²) in [4.78, 5) is 0. The van der Waals surface area contributed by atoms with Gasteiger partial charge >= 0.3 is 0 Å². The fourth-order valence-corrected chi connectivity index (χ4v) is 0.622. The first-order chi connectivity index (χ1) is 5.54. The van der Waals surface area contributed by atoms with Gasteiger partial charge in [-0.3, -0.25) is 0 Å². The van der Waals surface area contributed by atoms with Gasteiger partial charge in [0.25, 0.3) is 0 Å². The number of hydrogen-bond acceptors (Lipinski definition) is 3. The molecule has 0 bridgehead atoms. The second-order valence-corrected chi connectivity index (χ2v) is 2.33. The van der Waals surface area contributed by atoms with Gasteiger partial charge in [0.1, 0.15) is 6.10 Å². The summed E-state index contributed by atoms with van der Waals surface area (Å²) in [5, 5.41) is 24.8. The summed E-state index contributed by atoms with van der Waals surface area (Å²) in [5.74, 6) is 0. The molecule has 0 aliphatic carbocycles. The maximum absolute atomic E-state index is 12.5. The van der Waals surface area contributed by atoms with E-state index in [2.05, 4.69) is 0 Å². The first kappa shape index (κ1) is 11.7. The van der Waals surface area contributed by atoms with Crippen LogP contribution in [0, 0.1) is 0 Å². The molecule has 0 spiro atoms. The van der Waals surface area contributed by atoms with E-state index in [0.29, 0.717) is 0 Å². The molecule has 0 aliphatic rings. The predicted molar refractivity (Wildman–Crippen MR) is 34.9 cm³/mol. The zero-order chi connectivity index (χ0) is 9.72. The third kappa shape index (κ3) is 2.96. The normalized spacial score (nSPS) is 21.5. The first-order valence-corrected chi connectivity index (χ1v) is 3.36. The van der Waals surface area contributed by atoms with Crippen molar-refractivity contribution in [3.63, 3.8) is 0 Å². The minimum absolute atomic E-state index is 1.08. The van der Waals surface area contributed by atoms with E-state index in [9.17, 15) is 13.2 Å². The van der Waals surface area contributed by atoms with Crippen LogP contribution in [0.3, 0.4) is 0 Å². The van der Waals surface area contributed by atoms with E-state index in [4.69, 9.17) is 15.3 Å². The SMILES string of the molecule is OC[C@@H](F)[C@@H](O)[C@@H](F)[C@H](F)CO. The number of aliphatic hydroxyl groups excluding tert-OH is 3. The number of aliphatic hydroxyl groups is 3. The summed E-state index contributed by atoms with van der Waals surface area (Å²) in [5.41, 5.74) is 0. The Morgan fingerprint density at radius 2 is 1.33 bits per heavy atom. The van der Waals surface area contributed by atoms with Crippen LogP contribution >= 0.6 is 0 Å². The summed E-state index contributed by atoms with van der Waals surface area (Å²) >= 11 is 0. The average molecular weight is 188 g/mol. The molecule has 0 rings (SSSR count). The molecular formula is C6H11F3O3. The summed E-state index contributed by atoms with van der Waals surface area (Å²) in [7, 11) is 0. The van der Waals surface area contributed by atoms with Crippen LogP contribution in [0.5, 0.6) is 0 Å². The Hall–Kier alpha value is -0.330. The lowest BCUT2D eigenvalue weighted by atomic mass is 10.1. The van der Waals surface area contributed by atoms with Crippen molar-refractivity contribution in [3.05, 3.63) is 0 Å². The van der Waals surface area contributed by atoms with Gasteiger partial charge in [-0.05, 0) is 0 Å². The van der Waals surface area contributed by atoms with Crippen LogP contribution in [0.4, 0.5) is 13.2 Å². The minimum atomic E-state index is -2.52. The van der Waals surface area contributed by atoms with Crippen LogP contribution in [0.1, 0.15) is 0 Å². The molecule has 0 aromatic carbocycles. The second kappa shape index (κ2) is 5.34. The lowest BCUT2D eigenvalue weighted by molar-refractivity contribution is -0.0473. The van der Waals surface area contributed by atoms with Crippen molar-refractivity contribution in [3.8, 4) is 0 Å². The van der Waals surface area contributed by atoms with Crippen molar-refractivity contribution in [2.24, 2.45) is 0 Å². The molecule has 12 heavy (non-hydrogen) atoms. The number of alkyl halides is 3. The zero-order valence-electron chi connectivity index (χ0n) is 6.20. The molecular weight excluding hydrogens is 177 g/mol. The summed E-state index contributed by atoms with van der Waals surface area (Å²) < 4.78 is 37.0. The van der Waals surface area contributed by atoms with Crippen LogP contribution in [0.2, 0.25) is 0 Å². The Bertz CT molecular complexity index is 111. The van der Waals surface area contributed by atoms with Crippen LogP contribution < -0.4 is 0 Å². The molecule has 0 aromatic rings. The topological polar surface area (TPSA) is 60.7 Å². The van der Waals surface area contributed by atoms with Gasteiger partial charge in [0.2, 0.25) is 0 Å². The second-order valence-electron chi connectivity index (χ2n) is 2.33. The van der Waals surface area contributed by atoms with E-state index < -0.39 is 37.8 Å². The highest BCUT2D eigenvalue weighted by atomic mass is 19.2. The summed E-state index contributed by atoms with van der Waals surface area (Å²) in [6, 6.07) is 0. The average Bonchev–Trinajstić information content (AvgIpc) is 2.12. The van der Waals surface area contributed by atoms with Gasteiger partial charge in [-0.1, -0.05) is 0 Å². The third-order valence-corrected chi connectivity index (χ3v) is 1.39. The predicted octanol–water partition coefficient (Wildman–Crippen LogP) is -0.654. The molecule has 0 saturated heterocycles. The molecule has 0 saturated carbocycles. The number of hydrogen-bond donors (Lipinski definition) is 3. The molecule has 3 nitrogen and oxygen atoms in total. The van der Waals surface area contributed by atoms with Crippen LogP contribution in [-0.2, 0) is 0 Å². The van der Waals surface area contributed by atoms with E-state index in [-0.39, 0.29) is 0 Å². The van der Waals surface area contributed by atoms with Gasteiger partial charge in [-0.25, -0.2) is 13.2 Å². The van der Waals surface area contributed by atoms with Gasteiger partial charge in [0, 0.05) is 0 Å². The fraction of sp³-hybridized carbons (Fsp3) is 1.00. The molecule has 0 amide bonds. The molecule has 0 fully saturated rings. The molecule has 3 N–H and O–H groups in total. The molecule has 6 heteroatoms. The highest BCUT2D eigenvalue weighted by Gasteiger charge is 2.33. The van der Waals surface area contributed by atoms with E-state index in [0.717, 1.165) is 0 Å². The summed E-state index contributed by atoms with van der Waals surface area (Å²) in [6.07, 6.45) is -9.32. The number of halogens is 3. The molecule has 74 valence electrons. The van der Waals surface area contributed by atoms with Crippen molar-refractivity contribution in [1.82, 2.24) is 0 Å². The maximum atomic E-state index is 12.5. The van der Waals surface area contributed by atoms with Crippen LogP contribution in [0.25, 0.3) is 0 Å². The van der Waals surface area contributed by atoms with E-state index in [1.54, 1.807) is 0 Å². The van der Waals surface area contributed by atoms with Gasteiger partial charge in [0.15, 0.2) is 18.5 Å². The van der Waals surface area contributed by atoms with Crippen LogP contribution in [-0.4, -0.2) is 53.2 Å². The highest BCUT2D eigenvalue weighted by Crippen LogP contribution is 2.13. The standard InChI is InChI=1S/C6H11F3O3/c7-3(1-10)5(9)6(12)4(8)2-11/h3-6,10-12H,1-2H2/t3-,4-,5+,6-/m1/s1. The molecule has 0 heterocycles. The third-order valence-electron chi connectivity index (χ3n) is 1.39. The van der Waals surface area contributed by atoms with Crippen molar-refractivity contribution >= 4 is 0 Å². The van der Waals surface area contributed by atoms with Crippen molar-refractivity contribution in [2.45, 2.75) is 24.6 Å². The maximum Gasteiger partial charge on any atom is 0.162 e. The molecule has 0 unspecified atom stereocenters. The van der Waals surface area contributed by atoms with Gasteiger partial charge < -0.3 is 15.3 Å². The molecule has 0 aliphatic heterocycles. The van der Waals surface area contributed by atoms with Gasteiger partial charge in [0.05, 0.1) is 13.2 Å². The highest BCUT2D eigenvalue weighted by molar-refractivity contribution is 4.80. The zero-order valence-corrected chi connectivity index (χ0v) is 6.20.